The zero-order chi connectivity index (χ0) is 63.5. The number of amides is 8. The van der Waals surface area contributed by atoms with Gasteiger partial charge in [0.2, 0.25) is 35.4 Å². The van der Waals surface area contributed by atoms with E-state index in [1.807, 2.05) is 97.1 Å². The molecule has 2 aliphatic carbocycles. The molecule has 0 unspecified atom stereocenters. The van der Waals surface area contributed by atoms with Crippen molar-refractivity contribution in [1.29, 1.82) is 0 Å². The molecule has 2 heterocycles. The van der Waals surface area contributed by atoms with Gasteiger partial charge in [0, 0.05) is 37.1 Å². The third kappa shape index (κ3) is 19.0. The molecule has 494 valence electrons. The highest BCUT2D eigenvalue weighted by molar-refractivity contribution is 6.00. The second-order valence-corrected chi connectivity index (χ2v) is 24.1. The minimum absolute atomic E-state index is 0. The van der Waals surface area contributed by atoms with E-state index >= 15 is 0 Å². The molecule has 8 amide bonds. The van der Waals surface area contributed by atoms with Crippen LogP contribution < -0.4 is 52.0 Å². The highest BCUT2D eigenvalue weighted by Crippen LogP contribution is 2.34. The lowest BCUT2D eigenvalue weighted by molar-refractivity contribution is -0.142. The first-order valence-electron chi connectivity index (χ1n) is 32.1. The number of likely N-dealkylation sites (N-methyl/N-ethyl adjacent to an activating group) is 2. The lowest BCUT2D eigenvalue weighted by Gasteiger charge is -2.31. The van der Waals surface area contributed by atoms with Crippen LogP contribution in [0, 0.1) is 0 Å². The molecule has 22 heteroatoms. The standard InChI is InChI=1S/C70H88N10O10.2ClH/c1-45(71-3)63(81)77-59(69(87)79-43-53(89-51-28-7-5-8-29-51)41-61(79)67(85)75-57-36-20-24-47-22-11-13-32-55(47)57)34-15-17-38-73-65(83)49-26-19-27-50(40-49)66(84)74-39-18-16-35-60(78-64(82)46(2)72-4)70(88)80-44-54(90-52-30-9-6-10-31-52)42-62(80)68(86)76-58-37-21-25-48-23-12-14-33-56(48)58;;/h5-14,19,22-23,26-33,40,45-46,53-54,57-62,71-72H,15-18,20-21,24-25,34-39,41-44H2,1-4H3,(H,73,83)(H,74,84)(H,75,85)(H,76,86)(H,77,81)(H,78,82);2*1H/t45-,46-,53-,54-,57+,58+,59-,60-,61-,62-;;/m0../s1. The van der Waals surface area contributed by atoms with E-state index in [1.165, 1.54) is 17.2 Å². The van der Waals surface area contributed by atoms with E-state index in [-0.39, 0.29) is 124 Å². The van der Waals surface area contributed by atoms with Gasteiger partial charge in [0.05, 0.1) is 37.3 Å². The molecule has 2 fully saturated rings. The van der Waals surface area contributed by atoms with Crippen molar-refractivity contribution in [3.63, 3.8) is 0 Å². The molecular formula is C70H90Cl2N10O10. The first-order chi connectivity index (χ1) is 43.7. The van der Waals surface area contributed by atoms with Crippen molar-refractivity contribution in [2.45, 2.75) is 164 Å². The predicted molar refractivity (Wildman–Crippen MR) is 357 cm³/mol. The van der Waals surface area contributed by atoms with E-state index in [0.29, 0.717) is 37.2 Å². The second-order valence-electron chi connectivity index (χ2n) is 24.1. The molecule has 0 bridgehead atoms. The van der Waals surface area contributed by atoms with Gasteiger partial charge in [-0.05, 0) is 170 Å². The summed E-state index contributed by atoms with van der Waals surface area (Å²) in [7, 11) is 3.32. The van der Waals surface area contributed by atoms with Gasteiger partial charge in [0.25, 0.3) is 11.8 Å². The minimum atomic E-state index is -0.973. The minimum Gasteiger partial charge on any atom is -0.488 e. The number of aryl methyl sites for hydroxylation is 2. The number of ether oxygens (including phenoxy) is 2. The number of likely N-dealkylation sites (tertiary alicyclic amines) is 2. The summed E-state index contributed by atoms with van der Waals surface area (Å²) in [6.07, 6.45) is 7.09. The Labute approximate surface area is 552 Å². The summed E-state index contributed by atoms with van der Waals surface area (Å²) in [5.41, 5.74) is 5.09. The normalized spacial score (nSPS) is 20.1. The number of hydrogen-bond donors (Lipinski definition) is 8. The fraction of sp³-hybridized carbons (Fsp3) is 0.457. The summed E-state index contributed by atoms with van der Waals surface area (Å²) in [5, 5.41) is 24.1. The summed E-state index contributed by atoms with van der Waals surface area (Å²) >= 11 is 0. The molecule has 5 aromatic rings. The zero-order valence-corrected chi connectivity index (χ0v) is 54.6. The molecule has 2 saturated heterocycles. The monoisotopic (exact) mass is 1300 g/mol. The number of nitrogens with zero attached hydrogens (tertiary/aromatic N) is 2. The van der Waals surface area contributed by atoms with Gasteiger partial charge in [-0.2, -0.15) is 0 Å². The quantitative estimate of drug-likeness (QED) is 0.0236. The highest BCUT2D eigenvalue weighted by atomic mass is 35.5. The number of nitrogens with one attached hydrogen (secondary N) is 8. The number of carbonyl (C=O) groups is 8. The Balaban J connectivity index is 0.00000600. The van der Waals surface area contributed by atoms with E-state index in [9.17, 15) is 38.4 Å². The highest BCUT2D eigenvalue weighted by Gasteiger charge is 2.46. The largest absolute Gasteiger partial charge is 0.488 e. The van der Waals surface area contributed by atoms with Crippen molar-refractivity contribution in [2.75, 3.05) is 40.3 Å². The molecule has 8 N–H and O–H groups in total. The smallest absolute Gasteiger partial charge is 0.251 e. The molecule has 0 radical (unpaired) electrons. The van der Waals surface area contributed by atoms with E-state index in [2.05, 4.69) is 54.7 Å². The van der Waals surface area contributed by atoms with Crippen LogP contribution in [0.1, 0.15) is 146 Å². The summed E-state index contributed by atoms with van der Waals surface area (Å²) in [6, 6.07) is 35.9. The third-order valence-corrected chi connectivity index (χ3v) is 17.8. The van der Waals surface area contributed by atoms with E-state index in [0.717, 1.165) is 49.7 Å². The van der Waals surface area contributed by atoms with E-state index in [1.54, 1.807) is 55.9 Å². The average Bonchev–Trinajstić information content (AvgIpc) is 1.62. The van der Waals surface area contributed by atoms with E-state index < -0.39 is 72.1 Å². The molecule has 0 spiro atoms. The Morgan fingerprint density at radius 1 is 0.500 bits per heavy atom. The van der Waals surface area contributed by atoms with Crippen molar-refractivity contribution < 1.29 is 47.8 Å². The Hall–Kier alpha value is -8.04. The van der Waals surface area contributed by atoms with Gasteiger partial charge in [-0.15, -0.1) is 24.8 Å². The average molecular weight is 1300 g/mol. The fourth-order valence-electron chi connectivity index (χ4n) is 12.6. The molecule has 4 aliphatic rings. The van der Waals surface area contributed by atoms with Crippen LogP contribution in [0.5, 0.6) is 11.5 Å². The molecule has 5 aromatic carbocycles. The van der Waals surface area contributed by atoms with Gasteiger partial charge >= 0.3 is 0 Å². The van der Waals surface area contributed by atoms with Crippen LogP contribution in [0.15, 0.2) is 133 Å². The maximum absolute atomic E-state index is 14.8. The molecule has 2 aliphatic heterocycles. The van der Waals surface area contributed by atoms with Crippen LogP contribution in [-0.4, -0.2) is 146 Å². The summed E-state index contributed by atoms with van der Waals surface area (Å²) in [4.78, 5) is 115. The van der Waals surface area contributed by atoms with Gasteiger partial charge in [0.15, 0.2) is 0 Å². The fourth-order valence-corrected chi connectivity index (χ4v) is 12.6. The number of rotatable bonds is 28. The third-order valence-electron chi connectivity index (χ3n) is 17.8. The van der Waals surface area contributed by atoms with Crippen molar-refractivity contribution in [3.05, 3.63) is 167 Å². The van der Waals surface area contributed by atoms with Crippen LogP contribution in [-0.2, 0) is 41.6 Å². The number of unbranched alkanes of at least 4 members (excludes halogenated alkanes) is 2. The molecule has 20 nitrogen and oxygen atoms in total. The Bertz CT molecular complexity index is 3080. The summed E-state index contributed by atoms with van der Waals surface area (Å²) in [6.45, 7) is 4.16. The van der Waals surface area contributed by atoms with Crippen molar-refractivity contribution in [2.24, 2.45) is 0 Å². The first kappa shape index (κ1) is 71.4. The Morgan fingerprint density at radius 3 is 1.29 bits per heavy atom. The van der Waals surface area contributed by atoms with Crippen LogP contribution in [0.4, 0.5) is 0 Å². The van der Waals surface area contributed by atoms with Crippen LogP contribution >= 0.6 is 24.8 Å². The molecule has 9 rings (SSSR count). The first-order valence-corrected chi connectivity index (χ1v) is 32.1. The SMILES string of the molecule is CN[C@@H](C)C(=O)N[C@@H](CCCCNC(=O)c1cccc(C(=O)NCCCC[C@H](NC(=O)[C@H](C)NC)C(=O)N2C[C@@H](Oc3ccccc3)C[C@H]2C(=O)N[C@@H]2CCCc3ccccc32)c1)C(=O)N1C[C@@H](Oc2ccccc2)C[C@H]1C(=O)N[C@@H]1CCCc2ccccc21.Cl.Cl. The predicted octanol–water partition coefficient (Wildman–Crippen LogP) is 7.00. The van der Waals surface area contributed by atoms with Gasteiger partial charge in [0.1, 0.15) is 47.9 Å². The molecule has 10 atom stereocenters. The van der Waals surface area contributed by atoms with Crippen molar-refractivity contribution in [1.82, 2.24) is 52.3 Å². The van der Waals surface area contributed by atoms with Crippen LogP contribution in [0.3, 0.4) is 0 Å². The van der Waals surface area contributed by atoms with Crippen molar-refractivity contribution in [3.8, 4) is 11.5 Å². The number of hydrogen-bond acceptors (Lipinski definition) is 12. The number of halogens is 2. The lowest BCUT2D eigenvalue weighted by Crippen LogP contribution is -2.55. The topological polar surface area (TPSA) is 258 Å². The number of para-hydroxylation sites is 2. The summed E-state index contributed by atoms with van der Waals surface area (Å²) < 4.78 is 12.7. The van der Waals surface area contributed by atoms with Gasteiger partial charge < -0.3 is 61.8 Å². The molecule has 0 aromatic heterocycles. The maximum atomic E-state index is 14.8. The Kier molecular flexibility index (Phi) is 27.3. The second kappa shape index (κ2) is 35.1. The van der Waals surface area contributed by atoms with E-state index in [4.69, 9.17) is 9.47 Å². The number of carbonyl (C=O) groups excluding carboxylic acids is 8. The lowest BCUT2D eigenvalue weighted by atomic mass is 9.87. The summed E-state index contributed by atoms with van der Waals surface area (Å²) in [5.74, 6) is -1.63. The van der Waals surface area contributed by atoms with Crippen LogP contribution in [0.25, 0.3) is 0 Å². The van der Waals surface area contributed by atoms with Crippen molar-refractivity contribution >= 4 is 72.1 Å². The Morgan fingerprint density at radius 2 is 0.891 bits per heavy atom. The number of benzene rings is 5. The molecule has 92 heavy (non-hydrogen) atoms. The van der Waals surface area contributed by atoms with Gasteiger partial charge in [-0.1, -0.05) is 91.0 Å². The molecule has 0 saturated carbocycles. The maximum Gasteiger partial charge on any atom is 0.251 e. The molecular weight excluding hydrogens is 1210 g/mol. The zero-order valence-electron chi connectivity index (χ0n) is 53.0. The van der Waals surface area contributed by atoms with Gasteiger partial charge in [-0.25, -0.2) is 0 Å². The van der Waals surface area contributed by atoms with Crippen LogP contribution in [0.2, 0.25) is 0 Å². The van der Waals surface area contributed by atoms with Gasteiger partial charge in [-0.3, -0.25) is 38.4 Å². The number of fused-ring (bicyclic) bond motifs is 2.